The van der Waals surface area contributed by atoms with Crippen LogP contribution in [0.4, 0.5) is 0 Å². The number of rotatable bonds is 4. The number of amides is 1. The Labute approximate surface area is 164 Å². The first-order valence-electron chi connectivity index (χ1n) is 9.51. The number of hydrazone groups is 1. The van der Waals surface area contributed by atoms with E-state index in [4.69, 9.17) is 9.72 Å². The summed E-state index contributed by atoms with van der Waals surface area (Å²) in [5, 5.41) is 6.24. The summed E-state index contributed by atoms with van der Waals surface area (Å²) in [7, 11) is 1.65. The number of carbonyl (C=O) groups excluding carboxylic acids is 1. The molecule has 1 unspecified atom stereocenters. The average Bonchev–Trinajstić information content (AvgIpc) is 3.11. The van der Waals surface area contributed by atoms with Crippen LogP contribution in [0.15, 0.2) is 47.6 Å². The molecule has 6 heteroatoms. The molecule has 0 saturated heterocycles. The SMILES string of the molecule is COc1ccc(-c2nc3cc(C4=NN(C(C)C)C(=O)CC4C)ccc3[nH]2)cc1. The number of carbonyl (C=O) groups is 1. The van der Waals surface area contributed by atoms with Crippen LogP contribution in [0.5, 0.6) is 5.75 Å². The van der Waals surface area contributed by atoms with Gasteiger partial charge in [-0.15, -0.1) is 0 Å². The number of imidazole rings is 1. The van der Waals surface area contributed by atoms with E-state index >= 15 is 0 Å². The molecule has 2 aromatic carbocycles. The minimum atomic E-state index is 0.0470. The van der Waals surface area contributed by atoms with Gasteiger partial charge in [0.1, 0.15) is 11.6 Å². The third kappa shape index (κ3) is 3.26. The summed E-state index contributed by atoms with van der Waals surface area (Å²) in [5.41, 5.74) is 4.79. The molecule has 144 valence electrons. The predicted octanol–water partition coefficient (Wildman–Crippen LogP) is 4.22. The second-order valence-corrected chi connectivity index (χ2v) is 7.47. The molecule has 1 aliphatic heterocycles. The molecule has 3 aromatic rings. The Morgan fingerprint density at radius 3 is 2.54 bits per heavy atom. The van der Waals surface area contributed by atoms with Crippen molar-refractivity contribution in [2.75, 3.05) is 7.11 Å². The third-order valence-corrected chi connectivity index (χ3v) is 5.05. The van der Waals surface area contributed by atoms with Gasteiger partial charge >= 0.3 is 0 Å². The number of nitrogens with zero attached hydrogens (tertiary/aromatic N) is 3. The highest BCUT2D eigenvalue weighted by Crippen LogP contribution is 2.26. The molecule has 1 aliphatic rings. The van der Waals surface area contributed by atoms with Gasteiger partial charge in [0, 0.05) is 29.5 Å². The van der Waals surface area contributed by atoms with Gasteiger partial charge in [-0.1, -0.05) is 13.0 Å². The Hall–Kier alpha value is -3.15. The van der Waals surface area contributed by atoms with E-state index in [1.54, 1.807) is 12.1 Å². The van der Waals surface area contributed by atoms with Crippen LogP contribution in [-0.2, 0) is 4.79 Å². The van der Waals surface area contributed by atoms with Crippen molar-refractivity contribution in [3.63, 3.8) is 0 Å². The molecule has 0 radical (unpaired) electrons. The molecule has 1 amide bonds. The molecular weight excluding hydrogens is 352 g/mol. The van der Waals surface area contributed by atoms with E-state index in [9.17, 15) is 4.79 Å². The predicted molar refractivity (Wildman–Crippen MR) is 110 cm³/mol. The summed E-state index contributed by atoms with van der Waals surface area (Å²) in [6.07, 6.45) is 0.479. The monoisotopic (exact) mass is 376 g/mol. The Morgan fingerprint density at radius 1 is 1.14 bits per heavy atom. The molecule has 0 aliphatic carbocycles. The van der Waals surface area contributed by atoms with Crippen LogP contribution in [0.2, 0.25) is 0 Å². The first kappa shape index (κ1) is 18.2. The Bertz CT molecular complexity index is 1050. The molecule has 2 heterocycles. The van der Waals surface area contributed by atoms with Crippen LogP contribution in [0.3, 0.4) is 0 Å². The van der Waals surface area contributed by atoms with E-state index in [-0.39, 0.29) is 17.9 Å². The van der Waals surface area contributed by atoms with E-state index in [0.29, 0.717) is 6.42 Å². The van der Waals surface area contributed by atoms with E-state index in [0.717, 1.165) is 39.4 Å². The molecule has 4 rings (SSSR count). The van der Waals surface area contributed by atoms with Crippen LogP contribution in [0, 0.1) is 5.92 Å². The summed E-state index contributed by atoms with van der Waals surface area (Å²) in [6, 6.07) is 14.0. The summed E-state index contributed by atoms with van der Waals surface area (Å²) >= 11 is 0. The molecule has 28 heavy (non-hydrogen) atoms. The number of aromatic nitrogens is 2. The maximum Gasteiger partial charge on any atom is 0.243 e. The first-order chi connectivity index (χ1) is 13.5. The van der Waals surface area contributed by atoms with Gasteiger partial charge in [0.05, 0.1) is 23.9 Å². The fourth-order valence-corrected chi connectivity index (χ4v) is 3.52. The normalized spacial score (nSPS) is 17.3. The van der Waals surface area contributed by atoms with Gasteiger partial charge in [0.25, 0.3) is 0 Å². The van der Waals surface area contributed by atoms with Crippen LogP contribution >= 0.6 is 0 Å². The molecule has 1 atom stereocenters. The van der Waals surface area contributed by atoms with Gasteiger partial charge in [0.15, 0.2) is 0 Å². The highest BCUT2D eigenvalue weighted by molar-refractivity contribution is 6.07. The van der Waals surface area contributed by atoms with Crippen molar-refractivity contribution >= 4 is 22.7 Å². The zero-order valence-electron chi connectivity index (χ0n) is 16.6. The van der Waals surface area contributed by atoms with Crippen molar-refractivity contribution in [1.29, 1.82) is 0 Å². The molecule has 0 fully saturated rings. The lowest BCUT2D eigenvalue weighted by Crippen LogP contribution is -2.40. The zero-order chi connectivity index (χ0) is 19.8. The van der Waals surface area contributed by atoms with Crippen LogP contribution in [0.25, 0.3) is 22.4 Å². The molecule has 1 aromatic heterocycles. The highest BCUT2D eigenvalue weighted by atomic mass is 16.5. The first-order valence-corrected chi connectivity index (χ1v) is 9.51. The fourth-order valence-electron chi connectivity index (χ4n) is 3.52. The number of H-pyrrole nitrogens is 1. The van der Waals surface area contributed by atoms with E-state index in [1.165, 1.54) is 0 Å². The second-order valence-electron chi connectivity index (χ2n) is 7.47. The number of hydrogen-bond donors (Lipinski definition) is 1. The number of aromatic amines is 1. The highest BCUT2D eigenvalue weighted by Gasteiger charge is 2.29. The number of ether oxygens (including phenoxy) is 1. The Balaban J connectivity index is 1.71. The fraction of sp³-hybridized carbons (Fsp3) is 0.318. The Kier molecular flexibility index (Phi) is 4.63. The van der Waals surface area contributed by atoms with Crippen molar-refractivity contribution in [2.45, 2.75) is 33.2 Å². The molecule has 0 saturated carbocycles. The largest absolute Gasteiger partial charge is 0.497 e. The van der Waals surface area contributed by atoms with Crippen LogP contribution in [0.1, 0.15) is 32.8 Å². The molecule has 0 spiro atoms. The summed E-state index contributed by atoms with van der Waals surface area (Å²) in [4.78, 5) is 20.4. The summed E-state index contributed by atoms with van der Waals surface area (Å²) < 4.78 is 5.22. The van der Waals surface area contributed by atoms with E-state index in [2.05, 4.69) is 10.1 Å². The van der Waals surface area contributed by atoms with Crippen molar-refractivity contribution in [2.24, 2.45) is 11.0 Å². The number of nitrogens with one attached hydrogen (secondary N) is 1. The van der Waals surface area contributed by atoms with Crippen LogP contribution in [-0.4, -0.2) is 39.7 Å². The lowest BCUT2D eigenvalue weighted by atomic mass is 9.93. The van der Waals surface area contributed by atoms with Crippen LogP contribution < -0.4 is 4.74 Å². The maximum absolute atomic E-state index is 12.2. The van der Waals surface area contributed by atoms with E-state index in [1.807, 2.05) is 63.2 Å². The van der Waals surface area contributed by atoms with Crippen molar-refractivity contribution < 1.29 is 9.53 Å². The number of hydrogen-bond acceptors (Lipinski definition) is 4. The van der Waals surface area contributed by atoms with Gasteiger partial charge in [-0.3, -0.25) is 4.79 Å². The standard InChI is InChI=1S/C22H24N4O2/c1-13(2)26-20(27)11-14(3)21(25-26)16-7-10-18-19(12-16)24-22(23-18)15-5-8-17(28-4)9-6-15/h5-10,12-14H,11H2,1-4H3,(H,23,24). The third-order valence-electron chi connectivity index (χ3n) is 5.05. The zero-order valence-corrected chi connectivity index (χ0v) is 16.6. The molecule has 1 N–H and O–H groups in total. The van der Waals surface area contributed by atoms with Gasteiger partial charge in [0.2, 0.25) is 5.91 Å². The average molecular weight is 376 g/mol. The smallest absolute Gasteiger partial charge is 0.243 e. The second kappa shape index (κ2) is 7.11. The van der Waals surface area contributed by atoms with Crippen molar-refractivity contribution in [1.82, 2.24) is 15.0 Å². The van der Waals surface area contributed by atoms with E-state index < -0.39 is 0 Å². The lowest BCUT2D eigenvalue weighted by molar-refractivity contribution is -0.134. The topological polar surface area (TPSA) is 70.6 Å². The van der Waals surface area contributed by atoms with Crippen molar-refractivity contribution in [3.05, 3.63) is 48.0 Å². The van der Waals surface area contributed by atoms with Crippen molar-refractivity contribution in [3.8, 4) is 17.1 Å². The number of fused-ring (bicyclic) bond motifs is 1. The van der Waals surface area contributed by atoms with Gasteiger partial charge in [-0.2, -0.15) is 5.10 Å². The molecular formula is C22H24N4O2. The summed E-state index contributed by atoms with van der Waals surface area (Å²) in [6.45, 7) is 6.01. The quantitative estimate of drug-likeness (QED) is 0.741. The lowest BCUT2D eigenvalue weighted by Gasteiger charge is -2.30. The number of methoxy groups -OCH3 is 1. The van der Waals surface area contributed by atoms with Gasteiger partial charge < -0.3 is 9.72 Å². The minimum absolute atomic E-state index is 0.0470. The molecule has 0 bridgehead atoms. The summed E-state index contributed by atoms with van der Waals surface area (Å²) in [5.74, 6) is 1.79. The Morgan fingerprint density at radius 2 is 1.86 bits per heavy atom. The minimum Gasteiger partial charge on any atom is -0.497 e. The van der Waals surface area contributed by atoms with Gasteiger partial charge in [-0.25, -0.2) is 9.99 Å². The molecule has 6 nitrogen and oxygen atoms in total. The maximum atomic E-state index is 12.2. The van der Waals surface area contributed by atoms with Gasteiger partial charge in [-0.05, 0) is 50.2 Å². The number of benzene rings is 2.